The third-order valence-electron chi connectivity index (χ3n) is 14.6. The number of aliphatic hydroxyl groups is 1. The van der Waals surface area contributed by atoms with Crippen molar-refractivity contribution in [3.8, 4) is 0 Å². The average molecular weight is 1220 g/mol. The second-order valence-electron chi connectivity index (χ2n) is 24.2. The van der Waals surface area contributed by atoms with E-state index in [1.54, 1.807) is 6.08 Å². The van der Waals surface area contributed by atoms with Crippen molar-refractivity contribution >= 4 is 13.7 Å². The number of aliphatic hydroxyl groups excluding tert-OH is 1. The Bertz CT molecular complexity index is 2020. The fraction of sp³-hybridized carbons (Fsp3) is 0.628. The first-order chi connectivity index (χ1) is 42.5. The summed E-state index contributed by atoms with van der Waals surface area (Å²) in [6.07, 6.45) is 105. The van der Waals surface area contributed by atoms with Crippen LogP contribution >= 0.6 is 7.82 Å². The molecule has 3 atom stereocenters. The molecule has 0 aromatic heterocycles. The monoisotopic (exact) mass is 1220 g/mol. The van der Waals surface area contributed by atoms with Gasteiger partial charge in [-0.25, -0.2) is 4.57 Å². The van der Waals surface area contributed by atoms with Gasteiger partial charge in [-0.1, -0.05) is 300 Å². The topological polar surface area (TPSA) is 105 Å². The van der Waals surface area contributed by atoms with E-state index < -0.39 is 20.0 Å². The van der Waals surface area contributed by atoms with E-state index in [2.05, 4.69) is 177 Å². The fourth-order valence-electron chi connectivity index (χ4n) is 9.26. The van der Waals surface area contributed by atoms with Crippen LogP contribution in [0.2, 0.25) is 0 Å². The largest absolute Gasteiger partial charge is 0.472 e. The average Bonchev–Trinajstić information content (AvgIpc) is 3.71. The van der Waals surface area contributed by atoms with Gasteiger partial charge >= 0.3 is 7.82 Å². The Balaban J connectivity index is 4.22. The third-order valence-corrected chi connectivity index (χ3v) is 15.6. The van der Waals surface area contributed by atoms with Crippen molar-refractivity contribution in [2.75, 3.05) is 40.9 Å². The molecule has 0 bridgehead atoms. The highest BCUT2D eigenvalue weighted by Crippen LogP contribution is 2.43. The van der Waals surface area contributed by atoms with Crippen LogP contribution in [0.3, 0.4) is 0 Å². The molecule has 0 spiro atoms. The first kappa shape index (κ1) is 82.9. The Morgan fingerprint density at radius 1 is 0.402 bits per heavy atom. The molecule has 3 unspecified atom stereocenters. The van der Waals surface area contributed by atoms with Crippen molar-refractivity contribution in [3.63, 3.8) is 0 Å². The first-order valence-electron chi connectivity index (χ1n) is 35.0. The minimum absolute atomic E-state index is 0.0426. The number of amides is 1. The van der Waals surface area contributed by atoms with Gasteiger partial charge < -0.3 is 19.8 Å². The van der Waals surface area contributed by atoms with E-state index in [1.165, 1.54) is 116 Å². The summed E-state index contributed by atoms with van der Waals surface area (Å²) in [4.78, 5) is 23.4. The standard InChI is InChI=1S/C78H131N2O6P/c1-6-8-10-12-14-16-18-20-22-24-26-28-30-32-33-34-35-36-37-38-39-40-41-42-43-44-45-46-47-48-50-52-54-56-58-60-62-64-66-68-70-72-78(82)79-76(75-86-87(83,84)85-74-73-80(3,4)5)77(81)71-69-67-65-63-61-59-57-55-53-51-49-31-29-27-25-23-21-19-17-15-13-11-9-7-2/h8,10,14,16,20,22,26,28,32-33,35-36,38-39,41-42,44-45,47-48,52-55,61,63,69,71,76-77,81H,6-7,9,11-13,15,17-19,21,23-25,27,29-31,34,37,40,43,46,49-51,56-60,62,64-68,70,72-75H2,1-5H3,(H-,79,82,83,84)/p+1/b10-8-,16-14-,22-20-,28-26-,33-32-,36-35-,39-38-,42-41-,45-44-,48-47-,54-52-,55-53+,63-61+,71-69+. The number of allylic oxidation sites excluding steroid dienone is 27. The zero-order valence-electron chi connectivity index (χ0n) is 56.4. The van der Waals surface area contributed by atoms with Gasteiger partial charge in [0.15, 0.2) is 0 Å². The zero-order valence-corrected chi connectivity index (χ0v) is 57.3. The van der Waals surface area contributed by atoms with Gasteiger partial charge in [-0.2, -0.15) is 0 Å². The maximum atomic E-state index is 13.0. The second kappa shape index (κ2) is 66.3. The summed E-state index contributed by atoms with van der Waals surface area (Å²) in [5.74, 6) is -0.208. The van der Waals surface area contributed by atoms with Crippen molar-refractivity contribution < 1.29 is 32.9 Å². The van der Waals surface area contributed by atoms with Gasteiger partial charge in [0.25, 0.3) is 0 Å². The normalized spacial score (nSPS) is 14.7. The van der Waals surface area contributed by atoms with Crippen molar-refractivity contribution in [2.24, 2.45) is 0 Å². The lowest BCUT2D eigenvalue weighted by Crippen LogP contribution is -2.45. The molecule has 494 valence electrons. The summed E-state index contributed by atoms with van der Waals surface area (Å²) in [7, 11) is 1.52. The number of nitrogens with one attached hydrogen (secondary N) is 1. The molecule has 0 aliphatic rings. The van der Waals surface area contributed by atoms with E-state index in [1.807, 2.05) is 27.2 Å². The summed E-state index contributed by atoms with van der Waals surface area (Å²) in [6.45, 7) is 4.66. The summed E-state index contributed by atoms with van der Waals surface area (Å²) in [5, 5.41) is 14.0. The SMILES string of the molecule is CC/C=C\C/C=C\C/C=C\C/C=C\C/C=C\C/C=C\C/C=C\C/C=C\C/C=C\C/C=C\C/C=C\CCCCCCCCCC(=O)NC(COP(=O)(O)OCC[N+](C)(C)C)C(O)/C=C/CC/C=C/CC/C=C/CCCCCCCCCCCCCCCC. The molecule has 0 radical (unpaired) electrons. The number of carbonyl (C=O) groups excluding carboxylic acids is 1. The minimum Gasteiger partial charge on any atom is -0.387 e. The van der Waals surface area contributed by atoms with Crippen LogP contribution in [0.25, 0.3) is 0 Å². The van der Waals surface area contributed by atoms with E-state index >= 15 is 0 Å². The van der Waals surface area contributed by atoms with Gasteiger partial charge in [0.05, 0.1) is 39.9 Å². The molecule has 0 aliphatic carbocycles. The number of phosphoric acid groups is 1. The van der Waals surface area contributed by atoms with Crippen LogP contribution in [0.1, 0.15) is 264 Å². The summed E-state index contributed by atoms with van der Waals surface area (Å²) in [5.41, 5.74) is 0. The van der Waals surface area contributed by atoms with E-state index in [4.69, 9.17) is 9.05 Å². The van der Waals surface area contributed by atoms with Crippen LogP contribution in [-0.4, -0.2) is 73.4 Å². The molecule has 0 saturated carbocycles. The Labute approximate surface area is 536 Å². The Kier molecular flexibility index (Phi) is 63.1. The quantitative estimate of drug-likeness (QED) is 0.0243. The van der Waals surface area contributed by atoms with Crippen LogP contribution in [0.5, 0.6) is 0 Å². The first-order valence-corrected chi connectivity index (χ1v) is 36.5. The Morgan fingerprint density at radius 2 is 0.701 bits per heavy atom. The Hall–Kier alpha value is -4.14. The second-order valence-corrected chi connectivity index (χ2v) is 25.6. The number of quaternary nitrogens is 1. The molecule has 0 rings (SSSR count). The maximum Gasteiger partial charge on any atom is 0.472 e. The lowest BCUT2D eigenvalue weighted by molar-refractivity contribution is -0.870. The van der Waals surface area contributed by atoms with Crippen LogP contribution in [0, 0.1) is 0 Å². The van der Waals surface area contributed by atoms with Crippen molar-refractivity contribution in [1.29, 1.82) is 0 Å². The van der Waals surface area contributed by atoms with Crippen LogP contribution in [0.4, 0.5) is 0 Å². The van der Waals surface area contributed by atoms with Crippen LogP contribution < -0.4 is 5.32 Å². The van der Waals surface area contributed by atoms with Crippen molar-refractivity contribution in [2.45, 2.75) is 276 Å². The molecule has 0 heterocycles. The van der Waals surface area contributed by atoms with Crippen molar-refractivity contribution in [1.82, 2.24) is 5.32 Å². The number of hydrogen-bond donors (Lipinski definition) is 3. The highest BCUT2D eigenvalue weighted by Gasteiger charge is 2.28. The summed E-state index contributed by atoms with van der Waals surface area (Å²) in [6, 6.07) is -0.890. The smallest absolute Gasteiger partial charge is 0.387 e. The molecule has 0 saturated heterocycles. The number of nitrogens with zero attached hydrogens (tertiary/aromatic N) is 1. The number of phosphoric ester groups is 1. The molecule has 1 amide bonds. The van der Waals surface area contributed by atoms with Gasteiger partial charge in [-0.15, -0.1) is 0 Å². The van der Waals surface area contributed by atoms with Crippen LogP contribution in [0.15, 0.2) is 170 Å². The van der Waals surface area contributed by atoms with Crippen molar-refractivity contribution in [3.05, 3.63) is 170 Å². The lowest BCUT2D eigenvalue weighted by atomic mass is 10.0. The molecule has 3 N–H and O–H groups in total. The Morgan fingerprint density at radius 3 is 1.06 bits per heavy atom. The number of likely N-dealkylation sites (N-methyl/N-ethyl adjacent to an activating group) is 1. The molecule has 8 nitrogen and oxygen atoms in total. The lowest BCUT2D eigenvalue weighted by Gasteiger charge is -2.25. The molecular formula is C78H132N2O6P+. The van der Waals surface area contributed by atoms with Gasteiger partial charge in [-0.05, 0) is 128 Å². The number of rotatable bonds is 62. The molecule has 0 fully saturated rings. The highest BCUT2D eigenvalue weighted by molar-refractivity contribution is 7.47. The molecule has 9 heteroatoms. The van der Waals surface area contributed by atoms with Gasteiger partial charge in [0.1, 0.15) is 13.2 Å². The van der Waals surface area contributed by atoms with E-state index in [0.717, 1.165) is 128 Å². The van der Waals surface area contributed by atoms with Gasteiger partial charge in [0, 0.05) is 6.42 Å². The summed E-state index contributed by atoms with van der Waals surface area (Å²) < 4.78 is 23.8. The van der Waals surface area contributed by atoms with E-state index in [-0.39, 0.29) is 19.1 Å². The predicted octanol–water partition coefficient (Wildman–Crippen LogP) is 22.7. The van der Waals surface area contributed by atoms with Gasteiger partial charge in [-0.3, -0.25) is 13.8 Å². The number of carbonyl (C=O) groups is 1. The zero-order chi connectivity index (χ0) is 63.4. The minimum atomic E-state index is -4.38. The fourth-order valence-corrected chi connectivity index (χ4v) is 9.99. The predicted molar refractivity (Wildman–Crippen MR) is 382 cm³/mol. The molecular weight excluding hydrogens is 1090 g/mol. The van der Waals surface area contributed by atoms with E-state index in [9.17, 15) is 19.4 Å². The van der Waals surface area contributed by atoms with E-state index in [0.29, 0.717) is 17.4 Å². The molecule has 87 heavy (non-hydrogen) atoms. The summed E-state index contributed by atoms with van der Waals surface area (Å²) >= 11 is 0. The van der Waals surface area contributed by atoms with Crippen LogP contribution in [-0.2, 0) is 18.4 Å². The third kappa shape index (κ3) is 69.2. The maximum absolute atomic E-state index is 13.0. The number of unbranched alkanes of at least 4 members (excludes halogenated alkanes) is 23. The number of hydrogen-bond acceptors (Lipinski definition) is 5. The van der Waals surface area contributed by atoms with Gasteiger partial charge in [0.2, 0.25) is 5.91 Å². The highest BCUT2D eigenvalue weighted by atomic mass is 31.2. The molecule has 0 aromatic carbocycles. The molecule has 0 aromatic rings. The molecule has 0 aliphatic heterocycles.